The van der Waals surface area contributed by atoms with Crippen molar-refractivity contribution in [2.45, 2.75) is 52.4 Å². The van der Waals surface area contributed by atoms with Crippen molar-refractivity contribution < 1.29 is 4.79 Å². The summed E-state index contributed by atoms with van der Waals surface area (Å²) in [6.07, 6.45) is 6.54. The van der Waals surface area contributed by atoms with E-state index < -0.39 is 0 Å². The standard InChI is InChI=1S/C13H25NOS/c1-3-7-13(11-16,8-4-2)10-14-9-5-6-12(14)15/h16H,3-11H2,1-2H3. The Morgan fingerprint density at radius 2 is 1.94 bits per heavy atom. The van der Waals surface area contributed by atoms with Crippen molar-refractivity contribution >= 4 is 18.5 Å². The van der Waals surface area contributed by atoms with Gasteiger partial charge in [0.1, 0.15) is 0 Å². The molecule has 16 heavy (non-hydrogen) atoms. The van der Waals surface area contributed by atoms with Crippen LogP contribution in [0, 0.1) is 5.41 Å². The molecule has 1 fully saturated rings. The monoisotopic (exact) mass is 243 g/mol. The Morgan fingerprint density at radius 1 is 1.31 bits per heavy atom. The summed E-state index contributed by atoms with van der Waals surface area (Å²) in [5, 5.41) is 0. The van der Waals surface area contributed by atoms with Gasteiger partial charge in [0.05, 0.1) is 0 Å². The van der Waals surface area contributed by atoms with Crippen molar-refractivity contribution in [1.29, 1.82) is 0 Å². The molecule has 0 saturated carbocycles. The minimum atomic E-state index is 0.257. The zero-order valence-electron chi connectivity index (χ0n) is 10.7. The van der Waals surface area contributed by atoms with E-state index in [0.29, 0.717) is 5.91 Å². The van der Waals surface area contributed by atoms with Crippen molar-refractivity contribution in [3.63, 3.8) is 0 Å². The van der Waals surface area contributed by atoms with Gasteiger partial charge >= 0.3 is 0 Å². The highest BCUT2D eigenvalue weighted by molar-refractivity contribution is 7.80. The lowest BCUT2D eigenvalue weighted by molar-refractivity contribution is -0.129. The molecule has 0 aliphatic carbocycles. The summed E-state index contributed by atoms with van der Waals surface area (Å²) in [5.41, 5.74) is 0.257. The van der Waals surface area contributed by atoms with E-state index in [1.165, 1.54) is 25.7 Å². The molecule has 1 heterocycles. The normalized spacial score (nSPS) is 17.2. The Hall–Kier alpha value is -0.180. The van der Waals surface area contributed by atoms with Crippen LogP contribution in [-0.2, 0) is 4.79 Å². The fourth-order valence-electron chi connectivity index (χ4n) is 2.83. The van der Waals surface area contributed by atoms with Gasteiger partial charge < -0.3 is 4.90 Å². The maximum atomic E-state index is 11.7. The maximum Gasteiger partial charge on any atom is 0.222 e. The summed E-state index contributed by atoms with van der Waals surface area (Å²) in [6, 6.07) is 0. The molecule has 1 aliphatic rings. The zero-order chi connectivity index (χ0) is 12.0. The molecule has 0 atom stereocenters. The Bertz CT molecular complexity index is 224. The largest absolute Gasteiger partial charge is 0.342 e. The van der Waals surface area contributed by atoms with Crippen LogP contribution in [0.1, 0.15) is 52.4 Å². The fourth-order valence-corrected chi connectivity index (χ4v) is 3.24. The third kappa shape index (κ3) is 3.41. The van der Waals surface area contributed by atoms with Gasteiger partial charge in [0.15, 0.2) is 0 Å². The molecule has 1 saturated heterocycles. The highest BCUT2D eigenvalue weighted by atomic mass is 32.1. The summed E-state index contributed by atoms with van der Waals surface area (Å²) in [7, 11) is 0. The van der Waals surface area contributed by atoms with Crippen molar-refractivity contribution in [3.8, 4) is 0 Å². The summed E-state index contributed by atoms with van der Waals surface area (Å²) in [4.78, 5) is 13.7. The van der Waals surface area contributed by atoms with Crippen molar-refractivity contribution in [3.05, 3.63) is 0 Å². The number of hydrogen-bond donors (Lipinski definition) is 1. The summed E-state index contributed by atoms with van der Waals surface area (Å²) < 4.78 is 0. The van der Waals surface area contributed by atoms with E-state index >= 15 is 0 Å². The molecule has 94 valence electrons. The van der Waals surface area contributed by atoms with Crippen LogP contribution in [-0.4, -0.2) is 29.6 Å². The number of hydrogen-bond acceptors (Lipinski definition) is 2. The Morgan fingerprint density at radius 3 is 2.31 bits per heavy atom. The van der Waals surface area contributed by atoms with Gasteiger partial charge in [-0.3, -0.25) is 4.79 Å². The molecule has 0 aromatic rings. The molecule has 0 unspecified atom stereocenters. The van der Waals surface area contributed by atoms with Crippen molar-refractivity contribution in [2.75, 3.05) is 18.8 Å². The van der Waals surface area contributed by atoms with Gasteiger partial charge in [-0.05, 0) is 30.4 Å². The minimum Gasteiger partial charge on any atom is -0.342 e. The second kappa shape index (κ2) is 6.53. The molecule has 0 N–H and O–H groups in total. The van der Waals surface area contributed by atoms with E-state index in [9.17, 15) is 4.79 Å². The molecule has 1 amide bonds. The molecule has 0 aromatic heterocycles. The van der Waals surface area contributed by atoms with Gasteiger partial charge in [-0.2, -0.15) is 12.6 Å². The van der Waals surface area contributed by atoms with Gasteiger partial charge in [-0.25, -0.2) is 0 Å². The number of carbonyl (C=O) groups excluding carboxylic acids is 1. The SMILES string of the molecule is CCCC(CS)(CCC)CN1CCCC1=O. The van der Waals surface area contributed by atoms with Gasteiger partial charge in [-0.1, -0.05) is 26.7 Å². The fraction of sp³-hybridized carbons (Fsp3) is 0.923. The predicted octanol–water partition coefficient (Wildman–Crippen LogP) is 3.13. The van der Waals surface area contributed by atoms with Crippen LogP contribution >= 0.6 is 12.6 Å². The molecule has 0 spiro atoms. The highest BCUT2D eigenvalue weighted by Gasteiger charge is 2.32. The molecular weight excluding hydrogens is 218 g/mol. The molecule has 3 heteroatoms. The zero-order valence-corrected chi connectivity index (χ0v) is 11.6. The van der Waals surface area contributed by atoms with Gasteiger partial charge in [0, 0.05) is 19.5 Å². The van der Waals surface area contributed by atoms with E-state index in [4.69, 9.17) is 0 Å². The van der Waals surface area contributed by atoms with Crippen molar-refractivity contribution in [2.24, 2.45) is 5.41 Å². The van der Waals surface area contributed by atoms with Crippen LogP contribution in [0.2, 0.25) is 0 Å². The van der Waals surface area contributed by atoms with E-state index in [0.717, 1.165) is 31.7 Å². The summed E-state index contributed by atoms with van der Waals surface area (Å²) in [5.74, 6) is 1.25. The van der Waals surface area contributed by atoms with Crippen LogP contribution in [0.3, 0.4) is 0 Å². The lowest BCUT2D eigenvalue weighted by atomic mass is 9.80. The number of thiol groups is 1. The number of rotatable bonds is 7. The van der Waals surface area contributed by atoms with E-state index in [-0.39, 0.29) is 5.41 Å². The second-order valence-electron chi connectivity index (χ2n) is 5.08. The van der Waals surface area contributed by atoms with Crippen LogP contribution < -0.4 is 0 Å². The van der Waals surface area contributed by atoms with Gasteiger partial charge in [0.25, 0.3) is 0 Å². The first-order valence-electron chi connectivity index (χ1n) is 6.56. The Kier molecular flexibility index (Phi) is 5.67. The predicted molar refractivity (Wildman–Crippen MR) is 71.9 cm³/mol. The first kappa shape index (κ1) is 13.9. The first-order chi connectivity index (χ1) is 7.67. The smallest absolute Gasteiger partial charge is 0.222 e. The minimum absolute atomic E-state index is 0.257. The number of amides is 1. The highest BCUT2D eigenvalue weighted by Crippen LogP contribution is 2.33. The molecule has 1 rings (SSSR count). The first-order valence-corrected chi connectivity index (χ1v) is 7.19. The number of carbonyl (C=O) groups is 1. The Labute approximate surface area is 105 Å². The number of likely N-dealkylation sites (tertiary alicyclic amines) is 1. The lowest BCUT2D eigenvalue weighted by Gasteiger charge is -2.36. The van der Waals surface area contributed by atoms with Crippen LogP contribution in [0.25, 0.3) is 0 Å². The van der Waals surface area contributed by atoms with Gasteiger partial charge in [-0.15, -0.1) is 0 Å². The second-order valence-corrected chi connectivity index (χ2v) is 5.39. The van der Waals surface area contributed by atoms with Crippen LogP contribution in [0.15, 0.2) is 0 Å². The van der Waals surface area contributed by atoms with Crippen molar-refractivity contribution in [1.82, 2.24) is 4.90 Å². The number of nitrogens with zero attached hydrogens (tertiary/aromatic N) is 1. The third-order valence-corrected chi connectivity index (χ3v) is 4.26. The molecule has 0 aromatic carbocycles. The lowest BCUT2D eigenvalue weighted by Crippen LogP contribution is -2.39. The maximum absolute atomic E-state index is 11.7. The van der Waals surface area contributed by atoms with E-state index in [1.807, 2.05) is 0 Å². The summed E-state index contributed by atoms with van der Waals surface area (Å²) >= 11 is 4.53. The average Bonchev–Trinajstić information content (AvgIpc) is 2.65. The van der Waals surface area contributed by atoms with E-state index in [1.54, 1.807) is 0 Å². The molecule has 0 radical (unpaired) electrons. The topological polar surface area (TPSA) is 20.3 Å². The molecular formula is C13H25NOS. The molecule has 2 nitrogen and oxygen atoms in total. The molecule has 0 bridgehead atoms. The third-order valence-electron chi connectivity index (χ3n) is 3.59. The summed E-state index contributed by atoms with van der Waals surface area (Å²) in [6.45, 7) is 6.33. The Balaban J connectivity index is 2.63. The average molecular weight is 243 g/mol. The molecule has 1 aliphatic heterocycles. The van der Waals surface area contributed by atoms with E-state index in [2.05, 4.69) is 31.4 Å². The quantitative estimate of drug-likeness (QED) is 0.681. The van der Waals surface area contributed by atoms with Crippen LogP contribution in [0.4, 0.5) is 0 Å². The van der Waals surface area contributed by atoms with Crippen LogP contribution in [0.5, 0.6) is 0 Å². The van der Waals surface area contributed by atoms with Gasteiger partial charge in [0.2, 0.25) is 5.91 Å².